The highest BCUT2D eigenvalue weighted by molar-refractivity contribution is 6.01. The second-order valence-electron chi connectivity index (χ2n) is 22.1. The second kappa shape index (κ2) is 14.3. The van der Waals surface area contributed by atoms with Crippen LogP contribution in [0.2, 0.25) is 0 Å². The van der Waals surface area contributed by atoms with Crippen LogP contribution in [0, 0.1) is 0 Å². The molecule has 0 aliphatic heterocycles. The minimum absolute atomic E-state index is 0.0436. The van der Waals surface area contributed by atoms with E-state index in [9.17, 15) is 0 Å². The molecule has 10 aromatic rings. The molecule has 0 amide bonds. The molecule has 0 N–H and O–H groups in total. The van der Waals surface area contributed by atoms with Gasteiger partial charge in [0, 0.05) is 16.9 Å². The topological polar surface area (TPSA) is 3.24 Å². The van der Waals surface area contributed by atoms with E-state index in [2.05, 4.69) is 257 Å². The number of para-hydroxylation sites is 1. The van der Waals surface area contributed by atoms with Gasteiger partial charge in [-0.15, -0.1) is 0 Å². The molecule has 1 heteroatoms. The first-order chi connectivity index (χ1) is 34.7. The van der Waals surface area contributed by atoms with Crippen molar-refractivity contribution in [1.29, 1.82) is 0 Å². The normalized spacial score (nSPS) is 16.5. The van der Waals surface area contributed by atoms with Crippen LogP contribution in [-0.2, 0) is 21.7 Å². The van der Waals surface area contributed by atoms with Gasteiger partial charge in [-0.2, -0.15) is 0 Å². The van der Waals surface area contributed by atoms with Gasteiger partial charge in [-0.05, 0) is 166 Å². The van der Waals surface area contributed by atoms with E-state index >= 15 is 0 Å². The molecule has 5 aliphatic rings. The third kappa shape index (κ3) is 5.21. The standard InChI is InChI=1S/C70H53N/c1-67(2)38-39-68(3,4)65-40-44(34-37-62(65)67)54-42-55-52-27-13-19-33-61(52)70(58-30-16-10-24-49(58)50-25-11-17-31-59(50)70)64(55)43-66(54)71(45-20-6-5-7-21-45)46-35-36-53-51-26-12-18-32-60(51)69(63(53)41-46)56-28-14-8-22-47(56)48-23-9-15-29-57(48)69/h5-37,40-43H,38-39H2,1-4H3. The molecule has 0 heterocycles. The molecule has 0 unspecified atom stereocenters. The average molecular weight is 908 g/mol. The van der Waals surface area contributed by atoms with Crippen LogP contribution in [0.25, 0.3) is 55.6 Å². The zero-order valence-corrected chi connectivity index (χ0v) is 40.7. The molecule has 10 aromatic carbocycles. The van der Waals surface area contributed by atoms with Crippen molar-refractivity contribution in [1.82, 2.24) is 0 Å². The van der Waals surface area contributed by atoms with Crippen molar-refractivity contribution in [3.8, 4) is 55.6 Å². The molecule has 15 rings (SSSR count). The van der Waals surface area contributed by atoms with Gasteiger partial charge in [0.2, 0.25) is 0 Å². The maximum Gasteiger partial charge on any atom is 0.0726 e. The third-order valence-electron chi connectivity index (χ3n) is 17.8. The summed E-state index contributed by atoms with van der Waals surface area (Å²) in [6.07, 6.45) is 2.34. The number of hydrogen-bond donors (Lipinski definition) is 0. The first kappa shape index (κ1) is 40.8. The number of nitrogens with zero attached hydrogens (tertiary/aromatic N) is 1. The lowest BCUT2D eigenvalue weighted by Gasteiger charge is -2.42. The Morgan fingerprint density at radius 3 is 1.14 bits per heavy atom. The van der Waals surface area contributed by atoms with Gasteiger partial charge in [-0.1, -0.05) is 216 Å². The lowest BCUT2D eigenvalue weighted by molar-refractivity contribution is 0.332. The molecule has 0 saturated carbocycles. The van der Waals surface area contributed by atoms with Gasteiger partial charge < -0.3 is 4.90 Å². The molecular formula is C70H53N. The Morgan fingerprint density at radius 2 is 0.662 bits per heavy atom. The van der Waals surface area contributed by atoms with Crippen LogP contribution in [0.15, 0.2) is 224 Å². The van der Waals surface area contributed by atoms with Crippen LogP contribution in [0.4, 0.5) is 17.1 Å². The first-order valence-electron chi connectivity index (χ1n) is 25.6. The summed E-state index contributed by atoms with van der Waals surface area (Å²) in [4.78, 5) is 2.59. The number of fused-ring (bicyclic) bond motifs is 21. The number of rotatable bonds is 4. The lowest BCUT2D eigenvalue weighted by atomic mass is 9.63. The fourth-order valence-electron chi connectivity index (χ4n) is 14.5. The van der Waals surface area contributed by atoms with Crippen molar-refractivity contribution in [2.24, 2.45) is 0 Å². The van der Waals surface area contributed by atoms with E-state index in [1.807, 2.05) is 0 Å². The van der Waals surface area contributed by atoms with Gasteiger partial charge >= 0.3 is 0 Å². The van der Waals surface area contributed by atoms with Crippen LogP contribution >= 0.6 is 0 Å². The second-order valence-corrected chi connectivity index (χ2v) is 22.1. The van der Waals surface area contributed by atoms with Gasteiger partial charge in [-0.25, -0.2) is 0 Å². The van der Waals surface area contributed by atoms with E-state index < -0.39 is 10.8 Å². The molecule has 0 fully saturated rings. The van der Waals surface area contributed by atoms with Crippen LogP contribution in [-0.4, -0.2) is 0 Å². The Kier molecular flexibility index (Phi) is 8.23. The van der Waals surface area contributed by atoms with Gasteiger partial charge in [0.05, 0.1) is 16.5 Å². The van der Waals surface area contributed by atoms with Gasteiger partial charge in [-0.3, -0.25) is 0 Å². The van der Waals surface area contributed by atoms with Crippen molar-refractivity contribution < 1.29 is 0 Å². The summed E-state index contributed by atoms with van der Waals surface area (Å²) in [6, 6.07) is 86.3. The Hall–Kier alpha value is -8.00. The SMILES string of the molecule is CC1(C)CCC(C)(C)c2cc(-c3cc4c(cc3N(c3ccccc3)c3ccc5c(c3)C3(c6ccccc6-c6ccccc63)c3ccccc3-5)C3(c5ccccc5-c5ccccc53)c3ccccc3-4)ccc21. The van der Waals surface area contributed by atoms with E-state index in [4.69, 9.17) is 0 Å². The predicted octanol–water partition coefficient (Wildman–Crippen LogP) is 17.9. The molecule has 0 atom stereocenters. The Labute approximate surface area is 417 Å². The van der Waals surface area contributed by atoms with E-state index in [0.29, 0.717) is 0 Å². The van der Waals surface area contributed by atoms with Crippen LogP contribution in [0.5, 0.6) is 0 Å². The van der Waals surface area contributed by atoms with Crippen LogP contribution in [0.1, 0.15) is 96.2 Å². The van der Waals surface area contributed by atoms with E-state index in [-0.39, 0.29) is 10.8 Å². The van der Waals surface area contributed by atoms with Crippen molar-refractivity contribution in [2.75, 3.05) is 4.90 Å². The van der Waals surface area contributed by atoms with Crippen molar-refractivity contribution in [3.05, 3.63) is 280 Å². The molecule has 0 bridgehead atoms. The fourth-order valence-corrected chi connectivity index (χ4v) is 14.5. The van der Waals surface area contributed by atoms with E-state index in [0.717, 1.165) is 17.8 Å². The Bertz CT molecular complexity index is 3790. The molecule has 71 heavy (non-hydrogen) atoms. The molecule has 0 saturated heterocycles. The smallest absolute Gasteiger partial charge is 0.0726 e. The zero-order chi connectivity index (χ0) is 47.4. The monoisotopic (exact) mass is 907 g/mol. The number of hydrogen-bond acceptors (Lipinski definition) is 1. The summed E-state index contributed by atoms with van der Waals surface area (Å²) >= 11 is 0. The van der Waals surface area contributed by atoms with Gasteiger partial charge in [0.1, 0.15) is 0 Å². The summed E-state index contributed by atoms with van der Waals surface area (Å²) in [5.74, 6) is 0. The molecular weight excluding hydrogens is 855 g/mol. The van der Waals surface area contributed by atoms with E-state index in [1.165, 1.54) is 123 Å². The summed E-state index contributed by atoms with van der Waals surface area (Å²) in [5.41, 5.74) is 29.3. The van der Waals surface area contributed by atoms with Crippen molar-refractivity contribution >= 4 is 17.1 Å². The summed E-state index contributed by atoms with van der Waals surface area (Å²) in [7, 11) is 0. The molecule has 2 spiro atoms. The maximum absolute atomic E-state index is 2.61. The highest BCUT2D eigenvalue weighted by Crippen LogP contribution is 2.66. The van der Waals surface area contributed by atoms with Crippen LogP contribution < -0.4 is 4.90 Å². The number of benzene rings is 10. The van der Waals surface area contributed by atoms with Crippen molar-refractivity contribution in [2.45, 2.75) is 62.2 Å². The highest BCUT2D eigenvalue weighted by Gasteiger charge is 2.54. The predicted molar refractivity (Wildman–Crippen MR) is 294 cm³/mol. The average Bonchev–Trinajstić information content (AvgIpc) is 4.12. The fraction of sp³-hybridized carbons (Fsp3) is 0.143. The third-order valence-corrected chi connectivity index (χ3v) is 17.8. The number of anilines is 3. The molecule has 338 valence electrons. The highest BCUT2D eigenvalue weighted by atomic mass is 15.1. The molecule has 0 aromatic heterocycles. The zero-order valence-electron chi connectivity index (χ0n) is 40.7. The Balaban J connectivity index is 1.06. The van der Waals surface area contributed by atoms with Crippen LogP contribution in [0.3, 0.4) is 0 Å². The summed E-state index contributed by atoms with van der Waals surface area (Å²) in [5, 5.41) is 0. The van der Waals surface area contributed by atoms with Gasteiger partial charge in [0.15, 0.2) is 0 Å². The van der Waals surface area contributed by atoms with E-state index in [1.54, 1.807) is 0 Å². The quantitative estimate of drug-likeness (QED) is 0.170. The molecule has 5 aliphatic carbocycles. The minimum Gasteiger partial charge on any atom is -0.310 e. The van der Waals surface area contributed by atoms with Gasteiger partial charge in [0.25, 0.3) is 0 Å². The summed E-state index contributed by atoms with van der Waals surface area (Å²) < 4.78 is 0. The molecule has 1 nitrogen and oxygen atoms in total. The lowest BCUT2D eigenvalue weighted by Crippen LogP contribution is -2.33. The largest absolute Gasteiger partial charge is 0.310 e. The molecule has 0 radical (unpaired) electrons. The Morgan fingerprint density at radius 1 is 0.268 bits per heavy atom. The van der Waals surface area contributed by atoms with Crippen molar-refractivity contribution in [3.63, 3.8) is 0 Å². The maximum atomic E-state index is 2.61. The first-order valence-corrected chi connectivity index (χ1v) is 25.6. The minimum atomic E-state index is -0.502. The summed E-state index contributed by atoms with van der Waals surface area (Å²) in [6.45, 7) is 9.79.